The van der Waals surface area contributed by atoms with E-state index in [1.165, 1.54) is 0 Å². The molecule has 0 atom stereocenters. The zero-order valence-electron chi connectivity index (χ0n) is 12.1. The Bertz CT molecular complexity index is 678. The first kappa shape index (κ1) is 14.8. The third kappa shape index (κ3) is 3.68. The molecule has 0 aliphatic rings. The van der Waals surface area contributed by atoms with Crippen molar-refractivity contribution in [2.75, 3.05) is 5.43 Å². The van der Waals surface area contributed by atoms with Crippen molar-refractivity contribution in [3.63, 3.8) is 0 Å². The number of hydrazine groups is 1. The van der Waals surface area contributed by atoms with Crippen LogP contribution in [-0.4, -0.2) is 9.97 Å². The van der Waals surface area contributed by atoms with Gasteiger partial charge in [-0.25, -0.2) is 10.8 Å². The lowest BCUT2D eigenvalue weighted by Gasteiger charge is -2.10. The van der Waals surface area contributed by atoms with E-state index in [2.05, 4.69) is 21.5 Å². The Morgan fingerprint density at radius 1 is 1.33 bits per heavy atom. The number of benzene rings is 1. The molecule has 0 saturated carbocycles. The highest BCUT2D eigenvalue weighted by atomic mass is 16.5. The lowest BCUT2D eigenvalue weighted by molar-refractivity contribution is 0.455. The molecule has 0 unspecified atom stereocenters. The smallest absolute Gasteiger partial charge is 0.224 e. The number of aromatic nitrogens is 2. The van der Waals surface area contributed by atoms with Crippen LogP contribution in [-0.2, 0) is 6.42 Å². The maximum absolute atomic E-state index is 8.96. The van der Waals surface area contributed by atoms with Gasteiger partial charge < -0.3 is 10.2 Å². The van der Waals surface area contributed by atoms with E-state index in [9.17, 15) is 0 Å². The lowest BCUT2D eigenvalue weighted by atomic mass is 10.1. The minimum Gasteiger partial charge on any atom is -0.439 e. The number of nitrogens with two attached hydrogens (primary N) is 1. The molecule has 108 valence electrons. The van der Waals surface area contributed by atoms with Crippen LogP contribution in [0.2, 0.25) is 0 Å². The molecule has 0 bridgehead atoms. The summed E-state index contributed by atoms with van der Waals surface area (Å²) >= 11 is 0. The standard InChI is InChI=1S/C15H17N5O/c1-3-4-13-18-14(20-17)8-15(19-13)21-12-7-11(9-16)6-5-10(12)2/h5-8H,3-4,17H2,1-2H3,(H,18,19,20). The molecule has 1 aromatic heterocycles. The van der Waals surface area contributed by atoms with Gasteiger partial charge in [-0.3, -0.25) is 0 Å². The Morgan fingerprint density at radius 2 is 2.14 bits per heavy atom. The maximum Gasteiger partial charge on any atom is 0.224 e. The number of hydrogen-bond donors (Lipinski definition) is 2. The molecule has 0 aliphatic heterocycles. The van der Waals surface area contributed by atoms with E-state index in [1.54, 1.807) is 18.2 Å². The summed E-state index contributed by atoms with van der Waals surface area (Å²) in [5, 5.41) is 8.96. The van der Waals surface area contributed by atoms with Crippen molar-refractivity contribution in [2.24, 2.45) is 5.84 Å². The first-order valence-electron chi connectivity index (χ1n) is 6.69. The van der Waals surface area contributed by atoms with E-state index in [1.807, 2.05) is 19.9 Å². The molecule has 0 amide bonds. The molecule has 0 fully saturated rings. The second kappa shape index (κ2) is 6.68. The molecule has 0 radical (unpaired) electrons. The molecule has 6 heteroatoms. The first-order valence-corrected chi connectivity index (χ1v) is 6.69. The van der Waals surface area contributed by atoms with Gasteiger partial charge in [0.1, 0.15) is 17.4 Å². The van der Waals surface area contributed by atoms with E-state index in [-0.39, 0.29) is 0 Å². The van der Waals surface area contributed by atoms with Crippen LogP contribution in [0.15, 0.2) is 24.3 Å². The number of hydrogen-bond acceptors (Lipinski definition) is 6. The summed E-state index contributed by atoms with van der Waals surface area (Å²) in [5.74, 6) is 7.57. The summed E-state index contributed by atoms with van der Waals surface area (Å²) < 4.78 is 5.78. The predicted molar refractivity (Wildman–Crippen MR) is 79.8 cm³/mol. The highest BCUT2D eigenvalue weighted by Gasteiger charge is 2.08. The summed E-state index contributed by atoms with van der Waals surface area (Å²) in [5.41, 5.74) is 3.97. The lowest BCUT2D eigenvalue weighted by Crippen LogP contribution is -2.11. The highest BCUT2D eigenvalue weighted by molar-refractivity contribution is 5.45. The molecule has 6 nitrogen and oxygen atoms in total. The normalized spacial score (nSPS) is 10.0. The third-order valence-corrected chi connectivity index (χ3v) is 2.90. The Morgan fingerprint density at radius 3 is 2.81 bits per heavy atom. The number of nitrogen functional groups attached to an aromatic ring is 1. The van der Waals surface area contributed by atoms with Gasteiger partial charge in [-0.15, -0.1) is 0 Å². The zero-order valence-corrected chi connectivity index (χ0v) is 12.1. The highest BCUT2D eigenvalue weighted by Crippen LogP contribution is 2.26. The van der Waals surface area contributed by atoms with Crippen LogP contribution in [0.4, 0.5) is 5.82 Å². The molecule has 1 heterocycles. The van der Waals surface area contributed by atoms with Crippen molar-refractivity contribution in [3.05, 3.63) is 41.2 Å². The van der Waals surface area contributed by atoms with Crippen LogP contribution in [0.5, 0.6) is 11.6 Å². The molecule has 2 aromatic rings. The van der Waals surface area contributed by atoms with Crippen LogP contribution < -0.4 is 16.0 Å². The average molecular weight is 283 g/mol. The van der Waals surface area contributed by atoms with Gasteiger partial charge in [-0.1, -0.05) is 13.0 Å². The number of nitriles is 1. The van der Waals surface area contributed by atoms with Crippen molar-refractivity contribution in [1.82, 2.24) is 9.97 Å². The molecule has 3 N–H and O–H groups in total. The summed E-state index contributed by atoms with van der Waals surface area (Å²) in [7, 11) is 0. The van der Waals surface area contributed by atoms with Crippen LogP contribution in [0, 0.1) is 18.3 Å². The molecular weight excluding hydrogens is 266 g/mol. The number of aryl methyl sites for hydroxylation is 2. The van der Waals surface area contributed by atoms with Crippen molar-refractivity contribution < 1.29 is 4.74 Å². The second-order valence-electron chi connectivity index (χ2n) is 4.60. The van der Waals surface area contributed by atoms with Gasteiger partial charge in [0.15, 0.2) is 0 Å². The fraction of sp³-hybridized carbons (Fsp3) is 0.267. The Hall–Kier alpha value is -2.65. The summed E-state index contributed by atoms with van der Waals surface area (Å²) in [4.78, 5) is 8.61. The number of nitrogens with one attached hydrogen (secondary N) is 1. The topological polar surface area (TPSA) is 96.9 Å². The van der Waals surface area contributed by atoms with Gasteiger partial charge in [0.2, 0.25) is 5.88 Å². The second-order valence-corrected chi connectivity index (χ2v) is 4.60. The summed E-state index contributed by atoms with van der Waals surface area (Å²) in [6.45, 7) is 3.96. The summed E-state index contributed by atoms with van der Waals surface area (Å²) in [6.07, 6.45) is 1.67. The van der Waals surface area contributed by atoms with Crippen LogP contribution in [0.1, 0.15) is 30.3 Å². The largest absolute Gasteiger partial charge is 0.439 e. The van der Waals surface area contributed by atoms with E-state index in [4.69, 9.17) is 15.8 Å². The van der Waals surface area contributed by atoms with Crippen LogP contribution in [0.25, 0.3) is 0 Å². The number of ether oxygens (including phenoxy) is 1. The van der Waals surface area contributed by atoms with Crippen molar-refractivity contribution in [2.45, 2.75) is 26.7 Å². The molecule has 21 heavy (non-hydrogen) atoms. The van der Waals surface area contributed by atoms with Gasteiger partial charge in [0.05, 0.1) is 11.6 Å². The zero-order chi connectivity index (χ0) is 15.2. The maximum atomic E-state index is 8.96. The Labute approximate surface area is 123 Å². The molecule has 2 rings (SSSR count). The molecule has 1 aromatic carbocycles. The van der Waals surface area contributed by atoms with Crippen LogP contribution in [0.3, 0.4) is 0 Å². The number of anilines is 1. The van der Waals surface area contributed by atoms with Gasteiger partial charge in [0.25, 0.3) is 0 Å². The molecule has 0 spiro atoms. The molecule has 0 aliphatic carbocycles. The van der Waals surface area contributed by atoms with E-state index >= 15 is 0 Å². The van der Waals surface area contributed by atoms with E-state index in [0.717, 1.165) is 18.4 Å². The first-order chi connectivity index (χ1) is 10.2. The van der Waals surface area contributed by atoms with Crippen molar-refractivity contribution in [1.29, 1.82) is 5.26 Å². The molecular formula is C15H17N5O. The number of nitrogens with zero attached hydrogens (tertiary/aromatic N) is 3. The third-order valence-electron chi connectivity index (χ3n) is 2.90. The monoisotopic (exact) mass is 283 g/mol. The fourth-order valence-corrected chi connectivity index (χ4v) is 1.83. The minimum atomic E-state index is 0.402. The Kier molecular flexibility index (Phi) is 4.69. The van der Waals surface area contributed by atoms with E-state index in [0.29, 0.717) is 28.8 Å². The van der Waals surface area contributed by atoms with Crippen molar-refractivity contribution in [3.8, 4) is 17.7 Å². The quantitative estimate of drug-likeness (QED) is 0.647. The predicted octanol–water partition coefficient (Wildman–Crippen LogP) is 2.69. The van der Waals surface area contributed by atoms with Gasteiger partial charge in [-0.05, 0) is 31.0 Å². The van der Waals surface area contributed by atoms with Gasteiger partial charge >= 0.3 is 0 Å². The SMILES string of the molecule is CCCc1nc(NN)cc(Oc2cc(C#N)ccc2C)n1. The summed E-state index contributed by atoms with van der Waals surface area (Å²) in [6, 6.07) is 8.98. The number of rotatable bonds is 5. The van der Waals surface area contributed by atoms with Crippen molar-refractivity contribution >= 4 is 5.82 Å². The Balaban J connectivity index is 2.34. The van der Waals surface area contributed by atoms with Gasteiger partial charge in [-0.2, -0.15) is 10.2 Å². The van der Waals surface area contributed by atoms with Gasteiger partial charge in [0, 0.05) is 12.5 Å². The minimum absolute atomic E-state index is 0.402. The van der Waals surface area contributed by atoms with Crippen LogP contribution >= 0.6 is 0 Å². The average Bonchev–Trinajstić information content (AvgIpc) is 2.49. The fourth-order valence-electron chi connectivity index (χ4n) is 1.83. The van der Waals surface area contributed by atoms with E-state index < -0.39 is 0 Å². The molecule has 0 saturated heterocycles.